The molecule has 0 radical (unpaired) electrons. The number of hydrogen-bond acceptors (Lipinski definition) is 4. The van der Waals surface area contributed by atoms with E-state index < -0.39 is 11.5 Å². The molecule has 0 bridgehead atoms. The van der Waals surface area contributed by atoms with Crippen molar-refractivity contribution < 1.29 is 18.7 Å². The number of ether oxygens (including phenoxy) is 1. The SMILES string of the molecule is CC(c1ccc(F)cc1)N1C[C@H](C(=O)N(C)C)[C@]2(COc3ccccc3C(=O)N2)C1. The van der Waals surface area contributed by atoms with Gasteiger partial charge >= 0.3 is 0 Å². The van der Waals surface area contributed by atoms with E-state index in [1.54, 1.807) is 49.3 Å². The lowest BCUT2D eigenvalue weighted by molar-refractivity contribution is -0.134. The van der Waals surface area contributed by atoms with Gasteiger partial charge in [0, 0.05) is 33.2 Å². The minimum absolute atomic E-state index is 0.0510. The summed E-state index contributed by atoms with van der Waals surface area (Å²) in [5.41, 5.74) is 0.565. The van der Waals surface area contributed by atoms with Gasteiger partial charge in [-0.1, -0.05) is 24.3 Å². The van der Waals surface area contributed by atoms with Crippen LogP contribution in [-0.2, 0) is 4.79 Å². The van der Waals surface area contributed by atoms with Gasteiger partial charge in [0.05, 0.1) is 17.0 Å². The van der Waals surface area contributed by atoms with E-state index in [0.29, 0.717) is 24.4 Å². The van der Waals surface area contributed by atoms with Gasteiger partial charge in [-0.3, -0.25) is 14.5 Å². The molecule has 0 saturated carbocycles. The molecule has 1 spiro atoms. The molecule has 3 atom stereocenters. The van der Waals surface area contributed by atoms with E-state index in [2.05, 4.69) is 10.2 Å². The van der Waals surface area contributed by atoms with Gasteiger partial charge in [-0.25, -0.2) is 4.39 Å². The van der Waals surface area contributed by atoms with E-state index in [0.717, 1.165) is 5.56 Å². The summed E-state index contributed by atoms with van der Waals surface area (Å²) in [7, 11) is 3.44. The fourth-order valence-electron chi connectivity index (χ4n) is 4.41. The highest BCUT2D eigenvalue weighted by Crippen LogP contribution is 2.37. The fourth-order valence-corrected chi connectivity index (χ4v) is 4.41. The zero-order chi connectivity index (χ0) is 21.5. The van der Waals surface area contributed by atoms with Gasteiger partial charge in [-0.2, -0.15) is 0 Å². The number of carbonyl (C=O) groups excluding carboxylic acids is 2. The third-order valence-electron chi connectivity index (χ3n) is 6.19. The average Bonchev–Trinajstić information content (AvgIpc) is 3.03. The van der Waals surface area contributed by atoms with Gasteiger partial charge in [0.25, 0.3) is 5.91 Å². The second-order valence-corrected chi connectivity index (χ2v) is 8.34. The molecule has 1 fully saturated rings. The molecule has 7 heteroatoms. The zero-order valence-electron chi connectivity index (χ0n) is 17.4. The maximum Gasteiger partial charge on any atom is 0.255 e. The first-order chi connectivity index (χ1) is 14.3. The van der Waals surface area contributed by atoms with Gasteiger partial charge in [0.15, 0.2) is 0 Å². The quantitative estimate of drug-likeness (QED) is 0.843. The molecule has 2 aliphatic rings. The van der Waals surface area contributed by atoms with Crippen molar-refractivity contribution in [2.24, 2.45) is 5.92 Å². The van der Waals surface area contributed by atoms with Crippen LogP contribution in [0.2, 0.25) is 0 Å². The number of rotatable bonds is 3. The first-order valence-corrected chi connectivity index (χ1v) is 10.1. The zero-order valence-corrected chi connectivity index (χ0v) is 17.4. The molecule has 0 aromatic heterocycles. The fraction of sp³-hybridized carbons (Fsp3) is 0.391. The summed E-state index contributed by atoms with van der Waals surface area (Å²) < 4.78 is 19.4. The van der Waals surface area contributed by atoms with E-state index in [1.165, 1.54) is 12.1 Å². The number of para-hydroxylation sites is 1. The standard InChI is InChI=1S/C23H26FN3O3/c1-15(16-8-10-17(24)11-9-16)27-12-19(22(29)26(2)3)23(13-27)14-30-20-7-5-4-6-18(20)21(28)25-23/h4-11,15,19H,12-14H2,1-3H3,(H,25,28)/t15?,19-,23-/m1/s1. The predicted octanol–water partition coefficient (Wildman–Crippen LogP) is 2.47. The third-order valence-corrected chi connectivity index (χ3v) is 6.19. The van der Waals surface area contributed by atoms with Gasteiger partial charge in [0.2, 0.25) is 5.91 Å². The Bertz CT molecular complexity index is 962. The molecule has 30 heavy (non-hydrogen) atoms. The second kappa shape index (κ2) is 7.72. The topological polar surface area (TPSA) is 61.9 Å². The van der Waals surface area contributed by atoms with Crippen molar-refractivity contribution in [3.8, 4) is 5.75 Å². The Morgan fingerprint density at radius 2 is 1.93 bits per heavy atom. The number of benzene rings is 2. The Balaban J connectivity index is 1.67. The number of amides is 2. The van der Waals surface area contributed by atoms with E-state index in [4.69, 9.17) is 4.74 Å². The predicted molar refractivity (Wildman–Crippen MR) is 111 cm³/mol. The van der Waals surface area contributed by atoms with E-state index in [-0.39, 0.29) is 30.3 Å². The highest BCUT2D eigenvalue weighted by atomic mass is 19.1. The van der Waals surface area contributed by atoms with Crippen LogP contribution in [0.25, 0.3) is 0 Å². The summed E-state index contributed by atoms with van der Waals surface area (Å²) >= 11 is 0. The lowest BCUT2D eigenvalue weighted by atomic mass is 9.86. The van der Waals surface area contributed by atoms with Crippen molar-refractivity contribution in [2.75, 3.05) is 33.8 Å². The first-order valence-electron chi connectivity index (χ1n) is 10.1. The van der Waals surface area contributed by atoms with Crippen LogP contribution in [0.1, 0.15) is 28.9 Å². The molecule has 6 nitrogen and oxygen atoms in total. The van der Waals surface area contributed by atoms with Gasteiger partial charge in [-0.15, -0.1) is 0 Å². The molecular formula is C23H26FN3O3. The maximum atomic E-state index is 13.4. The Labute approximate surface area is 175 Å². The monoisotopic (exact) mass is 411 g/mol. The maximum absolute atomic E-state index is 13.4. The van der Waals surface area contributed by atoms with Crippen LogP contribution in [0, 0.1) is 11.7 Å². The van der Waals surface area contributed by atoms with Crippen molar-refractivity contribution >= 4 is 11.8 Å². The van der Waals surface area contributed by atoms with Crippen molar-refractivity contribution in [1.29, 1.82) is 0 Å². The highest BCUT2D eigenvalue weighted by Gasteiger charge is 2.54. The number of likely N-dealkylation sites (tertiary alicyclic amines) is 1. The normalized spacial score (nSPS) is 24.5. The van der Waals surface area contributed by atoms with Crippen molar-refractivity contribution in [1.82, 2.24) is 15.1 Å². The molecule has 2 heterocycles. The summed E-state index contributed by atoms with van der Waals surface area (Å²) in [6, 6.07) is 13.4. The second-order valence-electron chi connectivity index (χ2n) is 8.34. The number of fused-ring (bicyclic) bond motifs is 1. The molecule has 2 aliphatic heterocycles. The highest BCUT2D eigenvalue weighted by molar-refractivity contribution is 5.98. The Kier molecular flexibility index (Phi) is 5.24. The summed E-state index contributed by atoms with van der Waals surface area (Å²) in [4.78, 5) is 29.8. The van der Waals surface area contributed by atoms with Gasteiger partial charge in [-0.05, 0) is 36.8 Å². The summed E-state index contributed by atoms with van der Waals surface area (Å²) in [5.74, 6) is -0.525. The molecule has 0 aliphatic carbocycles. The smallest absolute Gasteiger partial charge is 0.255 e. The van der Waals surface area contributed by atoms with Gasteiger partial charge < -0.3 is 15.0 Å². The van der Waals surface area contributed by atoms with E-state index in [9.17, 15) is 14.0 Å². The van der Waals surface area contributed by atoms with Crippen molar-refractivity contribution in [2.45, 2.75) is 18.5 Å². The molecule has 1 saturated heterocycles. The molecule has 1 N–H and O–H groups in total. The van der Waals surface area contributed by atoms with Crippen LogP contribution in [0.4, 0.5) is 4.39 Å². The van der Waals surface area contributed by atoms with Crippen molar-refractivity contribution in [3.63, 3.8) is 0 Å². The number of nitrogens with zero attached hydrogens (tertiary/aromatic N) is 2. The molecule has 2 aromatic carbocycles. The van der Waals surface area contributed by atoms with E-state index >= 15 is 0 Å². The van der Waals surface area contributed by atoms with Gasteiger partial charge in [0.1, 0.15) is 18.2 Å². The largest absolute Gasteiger partial charge is 0.490 e. The number of halogens is 1. The minimum atomic E-state index is -0.855. The number of carbonyl (C=O) groups is 2. The summed E-state index contributed by atoms with van der Waals surface area (Å²) in [5, 5.41) is 3.13. The van der Waals surface area contributed by atoms with Crippen LogP contribution in [0.5, 0.6) is 5.75 Å². The minimum Gasteiger partial charge on any atom is -0.490 e. The van der Waals surface area contributed by atoms with Crippen LogP contribution < -0.4 is 10.1 Å². The lowest BCUT2D eigenvalue weighted by Crippen LogP contribution is -2.60. The average molecular weight is 411 g/mol. The number of nitrogens with one attached hydrogen (secondary N) is 1. The Morgan fingerprint density at radius 3 is 2.63 bits per heavy atom. The molecule has 4 rings (SSSR count). The Hall–Kier alpha value is -2.93. The summed E-state index contributed by atoms with van der Waals surface area (Å²) in [6.07, 6.45) is 0. The Morgan fingerprint density at radius 1 is 1.23 bits per heavy atom. The van der Waals surface area contributed by atoms with Crippen LogP contribution in [0.3, 0.4) is 0 Å². The van der Waals surface area contributed by atoms with Crippen LogP contribution >= 0.6 is 0 Å². The molecule has 2 amide bonds. The molecule has 2 aromatic rings. The van der Waals surface area contributed by atoms with Crippen LogP contribution in [-0.4, -0.2) is 60.9 Å². The van der Waals surface area contributed by atoms with Crippen LogP contribution in [0.15, 0.2) is 48.5 Å². The third kappa shape index (κ3) is 3.54. The molecule has 1 unspecified atom stereocenters. The van der Waals surface area contributed by atoms with Crippen molar-refractivity contribution in [3.05, 3.63) is 65.5 Å². The summed E-state index contributed by atoms with van der Waals surface area (Å²) in [6.45, 7) is 3.15. The first kappa shape index (κ1) is 20.3. The molecule has 158 valence electrons. The lowest BCUT2D eigenvalue weighted by Gasteiger charge is -2.34. The molecular weight excluding hydrogens is 385 g/mol. The van der Waals surface area contributed by atoms with E-state index in [1.807, 2.05) is 13.0 Å². The number of hydrogen-bond donors (Lipinski definition) is 1.